The van der Waals surface area contributed by atoms with E-state index in [1.807, 2.05) is 0 Å². The molecule has 1 atom stereocenters. The smallest absolute Gasteiger partial charge is 0.124 e. The van der Waals surface area contributed by atoms with Gasteiger partial charge in [0, 0.05) is 25.2 Å². The molecule has 2 rings (SSSR count). The van der Waals surface area contributed by atoms with Crippen LogP contribution in [0.2, 0.25) is 0 Å². The Balaban J connectivity index is 2.56. The van der Waals surface area contributed by atoms with Crippen molar-refractivity contribution >= 4 is 10.8 Å². The van der Waals surface area contributed by atoms with Crippen LogP contribution in [0.1, 0.15) is 39.3 Å². The number of hydrogen-bond acceptors (Lipinski definition) is 3. The summed E-state index contributed by atoms with van der Waals surface area (Å²) in [6.07, 6.45) is 0. The first-order chi connectivity index (χ1) is 11.5. The van der Waals surface area contributed by atoms with E-state index in [9.17, 15) is 0 Å². The topological polar surface area (TPSA) is 38.5 Å². The lowest BCUT2D eigenvalue weighted by Gasteiger charge is -2.35. The molecule has 0 aliphatic carbocycles. The van der Waals surface area contributed by atoms with Gasteiger partial charge in [-0.05, 0) is 28.7 Å². The molecule has 0 radical (unpaired) electrons. The van der Waals surface area contributed by atoms with Gasteiger partial charge in [0.2, 0.25) is 0 Å². The molecule has 3 nitrogen and oxygen atoms in total. The van der Waals surface area contributed by atoms with Gasteiger partial charge in [-0.15, -0.1) is 0 Å². The van der Waals surface area contributed by atoms with Crippen LogP contribution in [0.25, 0.3) is 10.8 Å². The maximum Gasteiger partial charge on any atom is 0.124 e. The van der Waals surface area contributed by atoms with E-state index in [4.69, 9.17) is 10.5 Å². The van der Waals surface area contributed by atoms with Crippen molar-refractivity contribution in [3.63, 3.8) is 0 Å². The molecule has 2 aromatic carbocycles. The van der Waals surface area contributed by atoms with Gasteiger partial charge in [-0.2, -0.15) is 0 Å². The number of nitrogens with two attached hydrogens (primary N) is 1. The zero-order valence-corrected chi connectivity index (χ0v) is 15.8. The van der Waals surface area contributed by atoms with Crippen molar-refractivity contribution in [2.45, 2.75) is 33.7 Å². The Kier molecular flexibility index (Phi) is 6.64. The van der Waals surface area contributed by atoms with Crippen LogP contribution < -0.4 is 10.5 Å². The minimum atomic E-state index is 0.163. The molecule has 2 aromatic rings. The Hall–Kier alpha value is -1.58. The van der Waals surface area contributed by atoms with Gasteiger partial charge in [0.15, 0.2) is 0 Å². The number of fused-ring (bicyclic) bond motifs is 1. The second-order valence-corrected chi connectivity index (χ2v) is 7.40. The molecule has 3 heteroatoms. The Morgan fingerprint density at radius 2 is 1.58 bits per heavy atom. The van der Waals surface area contributed by atoms with E-state index in [1.54, 1.807) is 7.11 Å². The predicted octanol–water partition coefficient (Wildman–Crippen LogP) is 4.46. The maximum atomic E-state index is 6.27. The van der Waals surface area contributed by atoms with Gasteiger partial charge in [-0.3, -0.25) is 4.90 Å². The van der Waals surface area contributed by atoms with Gasteiger partial charge >= 0.3 is 0 Å². The monoisotopic (exact) mass is 328 g/mol. The third kappa shape index (κ3) is 4.28. The Morgan fingerprint density at radius 3 is 2.12 bits per heavy atom. The van der Waals surface area contributed by atoms with Crippen molar-refractivity contribution in [2.24, 2.45) is 17.6 Å². The summed E-state index contributed by atoms with van der Waals surface area (Å²) < 4.78 is 5.71. The highest BCUT2D eigenvalue weighted by atomic mass is 16.5. The lowest BCUT2D eigenvalue weighted by molar-refractivity contribution is 0.158. The molecule has 0 aromatic heterocycles. The van der Waals surface area contributed by atoms with E-state index in [0.29, 0.717) is 18.4 Å². The fourth-order valence-corrected chi connectivity index (χ4v) is 3.51. The van der Waals surface area contributed by atoms with Gasteiger partial charge in [-0.1, -0.05) is 58.0 Å². The molecule has 24 heavy (non-hydrogen) atoms. The largest absolute Gasteiger partial charge is 0.496 e. The quantitative estimate of drug-likeness (QED) is 0.777. The molecule has 0 aliphatic heterocycles. The van der Waals surface area contributed by atoms with Crippen LogP contribution in [0.3, 0.4) is 0 Å². The van der Waals surface area contributed by atoms with Crippen molar-refractivity contribution in [1.82, 2.24) is 4.90 Å². The number of benzene rings is 2. The van der Waals surface area contributed by atoms with Crippen molar-refractivity contribution in [3.05, 3.63) is 42.0 Å². The zero-order valence-electron chi connectivity index (χ0n) is 15.8. The average molecular weight is 329 g/mol. The summed E-state index contributed by atoms with van der Waals surface area (Å²) in [5.41, 5.74) is 7.50. The fourth-order valence-electron chi connectivity index (χ4n) is 3.51. The molecule has 0 aliphatic rings. The summed E-state index contributed by atoms with van der Waals surface area (Å²) in [5.74, 6) is 2.12. The van der Waals surface area contributed by atoms with E-state index in [0.717, 1.165) is 18.8 Å². The van der Waals surface area contributed by atoms with Crippen molar-refractivity contribution in [3.8, 4) is 5.75 Å². The van der Waals surface area contributed by atoms with E-state index in [2.05, 4.69) is 69.0 Å². The van der Waals surface area contributed by atoms with Crippen LogP contribution in [0.4, 0.5) is 0 Å². The van der Waals surface area contributed by atoms with E-state index in [1.165, 1.54) is 16.3 Å². The summed E-state index contributed by atoms with van der Waals surface area (Å²) in [6.45, 7) is 11.7. The number of rotatable bonds is 8. The van der Waals surface area contributed by atoms with Crippen molar-refractivity contribution in [1.29, 1.82) is 0 Å². The highest BCUT2D eigenvalue weighted by Crippen LogP contribution is 2.36. The summed E-state index contributed by atoms with van der Waals surface area (Å²) in [6, 6.07) is 12.9. The Labute approximate surface area is 146 Å². The van der Waals surface area contributed by atoms with Crippen LogP contribution >= 0.6 is 0 Å². The Bertz CT molecular complexity index is 641. The van der Waals surface area contributed by atoms with Crippen LogP contribution in [0, 0.1) is 11.8 Å². The maximum absolute atomic E-state index is 6.27. The first kappa shape index (κ1) is 18.8. The predicted molar refractivity (Wildman–Crippen MR) is 104 cm³/mol. The van der Waals surface area contributed by atoms with Gasteiger partial charge in [0.1, 0.15) is 5.75 Å². The third-order valence-electron chi connectivity index (χ3n) is 4.35. The number of hydrogen-bond donors (Lipinski definition) is 1. The average Bonchev–Trinajstić information content (AvgIpc) is 2.54. The number of ether oxygens (including phenoxy) is 1. The molecule has 1 unspecified atom stereocenters. The van der Waals surface area contributed by atoms with E-state index >= 15 is 0 Å². The second kappa shape index (κ2) is 8.50. The van der Waals surface area contributed by atoms with Crippen LogP contribution in [0.15, 0.2) is 36.4 Å². The molecule has 0 spiro atoms. The van der Waals surface area contributed by atoms with Crippen LogP contribution in [0.5, 0.6) is 5.75 Å². The molecule has 0 heterocycles. The normalized spacial score (nSPS) is 13.2. The summed E-state index contributed by atoms with van der Waals surface area (Å²) in [7, 11) is 1.75. The first-order valence-corrected chi connectivity index (χ1v) is 8.97. The SMILES string of the molecule is COc1ccc2ccccc2c1C(CN)N(CC(C)C)CC(C)C. The van der Waals surface area contributed by atoms with Gasteiger partial charge in [0.25, 0.3) is 0 Å². The van der Waals surface area contributed by atoms with Gasteiger partial charge < -0.3 is 10.5 Å². The minimum Gasteiger partial charge on any atom is -0.496 e. The number of methoxy groups -OCH3 is 1. The summed E-state index contributed by atoms with van der Waals surface area (Å²) in [5, 5.41) is 2.48. The zero-order chi connectivity index (χ0) is 17.7. The first-order valence-electron chi connectivity index (χ1n) is 8.97. The van der Waals surface area contributed by atoms with Crippen molar-refractivity contribution in [2.75, 3.05) is 26.7 Å². The molecule has 0 bridgehead atoms. The molecular weight excluding hydrogens is 296 g/mol. The Morgan fingerprint density at radius 1 is 0.958 bits per heavy atom. The summed E-state index contributed by atoms with van der Waals surface area (Å²) in [4.78, 5) is 2.53. The lowest BCUT2D eigenvalue weighted by Crippen LogP contribution is -2.39. The molecule has 2 N–H and O–H groups in total. The molecule has 0 saturated carbocycles. The number of nitrogens with zero attached hydrogens (tertiary/aromatic N) is 1. The van der Waals surface area contributed by atoms with Gasteiger partial charge in [-0.25, -0.2) is 0 Å². The van der Waals surface area contributed by atoms with Crippen LogP contribution in [-0.4, -0.2) is 31.6 Å². The molecule has 132 valence electrons. The van der Waals surface area contributed by atoms with Crippen molar-refractivity contribution < 1.29 is 4.74 Å². The fraction of sp³-hybridized carbons (Fsp3) is 0.524. The highest BCUT2D eigenvalue weighted by Gasteiger charge is 2.25. The molecule has 0 saturated heterocycles. The third-order valence-corrected chi connectivity index (χ3v) is 4.35. The lowest BCUT2D eigenvalue weighted by atomic mass is 9.95. The van der Waals surface area contributed by atoms with E-state index in [-0.39, 0.29) is 6.04 Å². The van der Waals surface area contributed by atoms with Crippen LogP contribution in [-0.2, 0) is 0 Å². The van der Waals surface area contributed by atoms with E-state index < -0.39 is 0 Å². The standard InChI is InChI=1S/C21H32N2O/c1-15(2)13-23(14-16(3)4)19(12-22)21-18-9-7-6-8-17(18)10-11-20(21)24-5/h6-11,15-16,19H,12-14,22H2,1-5H3. The van der Waals surface area contributed by atoms with Gasteiger partial charge in [0.05, 0.1) is 13.2 Å². The minimum absolute atomic E-state index is 0.163. The molecule has 0 amide bonds. The molecule has 0 fully saturated rings. The molecular formula is C21H32N2O. The second-order valence-electron chi connectivity index (χ2n) is 7.40. The highest BCUT2D eigenvalue weighted by molar-refractivity contribution is 5.88. The summed E-state index contributed by atoms with van der Waals surface area (Å²) >= 11 is 0.